The molecule has 2 heterocycles. The zero-order valence-electron chi connectivity index (χ0n) is 14.3. The number of nitrogens with zero attached hydrogens (tertiary/aromatic N) is 3. The van der Waals surface area contributed by atoms with E-state index in [1.54, 1.807) is 0 Å². The van der Waals surface area contributed by atoms with Crippen LogP contribution >= 0.6 is 0 Å². The van der Waals surface area contributed by atoms with Crippen molar-refractivity contribution in [2.24, 2.45) is 5.16 Å². The maximum atomic E-state index is 14.4. The van der Waals surface area contributed by atoms with E-state index in [0.717, 1.165) is 17.0 Å². The van der Waals surface area contributed by atoms with Gasteiger partial charge in [0.25, 0.3) is 0 Å². The molecule has 2 amide bonds. The van der Waals surface area contributed by atoms with Gasteiger partial charge in [0, 0.05) is 19.1 Å². The van der Waals surface area contributed by atoms with Crippen LogP contribution in [-0.2, 0) is 14.4 Å². The molecule has 8 nitrogen and oxygen atoms in total. The van der Waals surface area contributed by atoms with Crippen molar-refractivity contribution >= 4 is 29.1 Å². The van der Waals surface area contributed by atoms with Crippen LogP contribution in [0.2, 0.25) is 0 Å². The first-order valence-electron chi connectivity index (χ1n) is 7.94. The molecule has 0 saturated carbocycles. The normalized spacial score (nSPS) is 19.2. The molecule has 0 radical (unpaired) electrons. The lowest BCUT2D eigenvalue weighted by Crippen LogP contribution is -2.48. The minimum absolute atomic E-state index is 0.0605. The number of carbonyl (C=O) groups excluding carboxylic acids is 2. The molecule has 140 valence electrons. The minimum Gasteiger partial charge on any atom is -0.442 e. The Morgan fingerprint density at radius 2 is 2.04 bits per heavy atom. The van der Waals surface area contributed by atoms with Gasteiger partial charge in [-0.2, -0.15) is 0 Å². The highest BCUT2D eigenvalue weighted by Crippen LogP contribution is 2.32. The summed E-state index contributed by atoms with van der Waals surface area (Å²) in [5.74, 6) is -1.82. The van der Waals surface area contributed by atoms with Crippen molar-refractivity contribution in [2.45, 2.75) is 13.0 Å². The number of amides is 2. The third-order valence-electron chi connectivity index (χ3n) is 4.05. The number of anilines is 2. The monoisotopic (exact) mass is 368 g/mol. The second-order valence-electron chi connectivity index (χ2n) is 6.01. The van der Waals surface area contributed by atoms with Crippen LogP contribution in [0.3, 0.4) is 0 Å². The van der Waals surface area contributed by atoms with Gasteiger partial charge in [-0.1, -0.05) is 5.16 Å². The maximum absolute atomic E-state index is 14.4. The zero-order valence-corrected chi connectivity index (χ0v) is 14.3. The van der Waals surface area contributed by atoms with E-state index >= 15 is 0 Å². The predicted molar refractivity (Wildman–Crippen MR) is 89.3 cm³/mol. The number of benzene rings is 1. The molecule has 0 aromatic heterocycles. The number of rotatable bonds is 5. The Balaban J connectivity index is 1.73. The first-order valence-corrected chi connectivity index (χ1v) is 7.94. The molecule has 2 aliphatic heterocycles. The molecule has 3 rings (SSSR count). The van der Waals surface area contributed by atoms with Gasteiger partial charge in [-0.05, 0) is 0 Å². The van der Waals surface area contributed by atoms with E-state index in [4.69, 9.17) is 4.74 Å². The first kappa shape index (κ1) is 17.9. The summed E-state index contributed by atoms with van der Waals surface area (Å²) in [6.07, 6.45) is -1.30. The van der Waals surface area contributed by atoms with Gasteiger partial charge in [-0.25, -0.2) is 13.6 Å². The number of hydrogen-bond donors (Lipinski definition) is 1. The summed E-state index contributed by atoms with van der Waals surface area (Å²) < 4.78 is 34.0. The molecule has 0 unspecified atom stereocenters. The smallest absolute Gasteiger partial charge is 0.414 e. The number of halogens is 2. The SMILES string of the molecule is CON=C1CN(c2c(F)cc(N3C[C@H](CNC(C)=O)OC3=O)cc2F)C1. The lowest BCUT2D eigenvalue weighted by atomic mass is 10.1. The van der Waals surface area contributed by atoms with Gasteiger partial charge in [-0.15, -0.1) is 0 Å². The molecule has 2 saturated heterocycles. The summed E-state index contributed by atoms with van der Waals surface area (Å²) in [4.78, 5) is 30.1. The Hall–Kier alpha value is -2.91. The number of ether oxygens (including phenoxy) is 1. The molecule has 1 aromatic carbocycles. The lowest BCUT2D eigenvalue weighted by molar-refractivity contribution is -0.119. The summed E-state index contributed by atoms with van der Waals surface area (Å²) in [6, 6.07) is 2.18. The topological polar surface area (TPSA) is 83.5 Å². The predicted octanol–water partition coefficient (Wildman–Crippen LogP) is 1.25. The second-order valence-corrected chi connectivity index (χ2v) is 6.01. The summed E-state index contributed by atoms with van der Waals surface area (Å²) in [5.41, 5.74) is 0.566. The maximum Gasteiger partial charge on any atom is 0.414 e. The van der Waals surface area contributed by atoms with Gasteiger partial charge in [-0.3, -0.25) is 9.69 Å². The van der Waals surface area contributed by atoms with Gasteiger partial charge < -0.3 is 19.8 Å². The summed E-state index contributed by atoms with van der Waals surface area (Å²) in [6.45, 7) is 2.11. The van der Waals surface area contributed by atoms with Crippen LogP contribution in [0.25, 0.3) is 0 Å². The Kier molecular flexibility index (Phi) is 4.92. The highest BCUT2D eigenvalue weighted by atomic mass is 19.1. The van der Waals surface area contributed by atoms with Crippen molar-refractivity contribution in [1.82, 2.24) is 5.32 Å². The number of oxime groups is 1. The highest BCUT2D eigenvalue weighted by molar-refractivity contribution is 5.99. The van der Waals surface area contributed by atoms with Crippen molar-refractivity contribution in [2.75, 3.05) is 43.1 Å². The van der Waals surface area contributed by atoms with Crippen molar-refractivity contribution in [1.29, 1.82) is 0 Å². The van der Waals surface area contributed by atoms with Crippen molar-refractivity contribution in [3.05, 3.63) is 23.8 Å². The van der Waals surface area contributed by atoms with Crippen LogP contribution in [0.1, 0.15) is 6.92 Å². The molecule has 1 atom stereocenters. The van der Waals surface area contributed by atoms with E-state index in [-0.39, 0.29) is 43.5 Å². The molecular formula is C16H18F2N4O4. The number of nitrogens with one attached hydrogen (secondary N) is 1. The van der Waals surface area contributed by atoms with E-state index in [9.17, 15) is 18.4 Å². The van der Waals surface area contributed by atoms with Crippen molar-refractivity contribution in [3.8, 4) is 0 Å². The quantitative estimate of drug-likeness (QED) is 0.791. The van der Waals surface area contributed by atoms with Crippen LogP contribution in [0.15, 0.2) is 17.3 Å². The first-order chi connectivity index (χ1) is 12.4. The summed E-state index contributed by atoms with van der Waals surface area (Å²) in [7, 11) is 1.40. The number of carbonyl (C=O) groups is 2. The molecule has 2 aliphatic rings. The Labute approximate surface area is 148 Å². The fourth-order valence-corrected chi connectivity index (χ4v) is 2.85. The van der Waals surface area contributed by atoms with Crippen LogP contribution in [0.4, 0.5) is 25.0 Å². The molecule has 26 heavy (non-hydrogen) atoms. The van der Waals surface area contributed by atoms with Gasteiger partial charge in [0.2, 0.25) is 5.91 Å². The van der Waals surface area contributed by atoms with E-state index in [1.165, 1.54) is 18.9 Å². The second kappa shape index (κ2) is 7.14. The average molecular weight is 368 g/mol. The molecule has 2 fully saturated rings. The molecular weight excluding hydrogens is 350 g/mol. The van der Waals surface area contributed by atoms with E-state index in [0.29, 0.717) is 5.71 Å². The lowest BCUT2D eigenvalue weighted by Gasteiger charge is -2.34. The third-order valence-corrected chi connectivity index (χ3v) is 4.05. The van der Waals surface area contributed by atoms with Gasteiger partial charge in [0.1, 0.15) is 18.9 Å². The highest BCUT2D eigenvalue weighted by Gasteiger charge is 2.34. The van der Waals surface area contributed by atoms with E-state index in [1.807, 2.05) is 0 Å². The Bertz CT molecular complexity index is 740. The number of cyclic esters (lactones) is 1. The van der Waals surface area contributed by atoms with Crippen LogP contribution in [0.5, 0.6) is 0 Å². The van der Waals surface area contributed by atoms with Crippen molar-refractivity contribution < 1.29 is 27.9 Å². The number of hydrogen-bond acceptors (Lipinski definition) is 6. The summed E-state index contributed by atoms with van der Waals surface area (Å²) >= 11 is 0. The van der Waals surface area contributed by atoms with Gasteiger partial charge >= 0.3 is 6.09 Å². The Morgan fingerprint density at radius 1 is 1.38 bits per heavy atom. The average Bonchev–Trinajstić information content (AvgIpc) is 2.90. The zero-order chi connectivity index (χ0) is 18.8. The van der Waals surface area contributed by atoms with Crippen LogP contribution in [0, 0.1) is 11.6 Å². The van der Waals surface area contributed by atoms with Gasteiger partial charge in [0.15, 0.2) is 11.6 Å². The Morgan fingerprint density at radius 3 is 2.62 bits per heavy atom. The fraction of sp³-hybridized carbons (Fsp3) is 0.438. The molecule has 1 N–H and O–H groups in total. The van der Waals surface area contributed by atoms with Crippen molar-refractivity contribution in [3.63, 3.8) is 0 Å². The van der Waals surface area contributed by atoms with Crippen LogP contribution in [-0.4, -0.2) is 57.1 Å². The minimum atomic E-state index is -0.783. The molecule has 0 aliphatic carbocycles. The molecule has 1 aromatic rings. The largest absolute Gasteiger partial charge is 0.442 e. The van der Waals surface area contributed by atoms with Gasteiger partial charge in [0.05, 0.1) is 37.6 Å². The third kappa shape index (κ3) is 3.53. The van der Waals surface area contributed by atoms with E-state index in [2.05, 4.69) is 15.3 Å². The molecule has 0 bridgehead atoms. The fourth-order valence-electron chi connectivity index (χ4n) is 2.85. The molecule has 10 heteroatoms. The summed E-state index contributed by atoms with van der Waals surface area (Å²) in [5, 5.41) is 6.26. The van der Waals surface area contributed by atoms with E-state index < -0.39 is 23.8 Å². The standard InChI is InChI=1S/C16H18F2N4O4/c1-9(23)19-5-12-8-22(16(24)26-12)11-3-13(17)15(14(18)4-11)21-6-10(7-21)20-25-2/h3-4,12H,5-8H2,1-2H3,(H,19,23)/t12-/m0/s1. The molecule has 0 spiro atoms. The van der Waals surface area contributed by atoms with Crippen LogP contribution < -0.4 is 15.1 Å².